The molecule has 27 heavy (non-hydrogen) atoms. The Morgan fingerprint density at radius 2 is 1.93 bits per heavy atom. The van der Waals surface area contributed by atoms with Gasteiger partial charge in [-0.25, -0.2) is 4.98 Å². The number of para-hydroxylation sites is 1. The fourth-order valence-corrected chi connectivity index (χ4v) is 2.61. The van der Waals surface area contributed by atoms with Crippen molar-refractivity contribution in [3.05, 3.63) is 71.9 Å². The number of aromatic nitrogens is 1. The van der Waals surface area contributed by atoms with Crippen LogP contribution in [0.1, 0.15) is 15.9 Å². The monoisotopic (exact) mass is 358 g/mol. The van der Waals surface area contributed by atoms with Crippen LogP contribution in [0.25, 0.3) is 0 Å². The summed E-state index contributed by atoms with van der Waals surface area (Å²) in [6, 6.07) is 17.7. The minimum absolute atomic E-state index is 0.218. The number of fused-ring (bicyclic) bond motifs is 1. The molecular formula is C20H14N4O3. The van der Waals surface area contributed by atoms with E-state index in [1.807, 2.05) is 24.3 Å². The Hall–Kier alpha value is -4.05. The first-order chi connectivity index (χ1) is 13.2. The molecule has 0 fully saturated rings. The van der Waals surface area contributed by atoms with Gasteiger partial charge in [0.1, 0.15) is 11.9 Å². The number of carbonyl (C=O) groups is 1. The van der Waals surface area contributed by atoms with Crippen molar-refractivity contribution in [3.63, 3.8) is 0 Å². The van der Waals surface area contributed by atoms with Gasteiger partial charge in [-0.05, 0) is 36.4 Å². The number of pyridine rings is 1. The van der Waals surface area contributed by atoms with Crippen LogP contribution in [0.5, 0.6) is 11.5 Å². The molecule has 2 N–H and O–H groups in total. The second kappa shape index (κ2) is 7.06. The van der Waals surface area contributed by atoms with E-state index in [9.17, 15) is 4.79 Å². The molecule has 4 rings (SSSR count). The van der Waals surface area contributed by atoms with Crippen molar-refractivity contribution < 1.29 is 14.3 Å². The van der Waals surface area contributed by atoms with Gasteiger partial charge in [-0.15, -0.1) is 0 Å². The third-order valence-corrected chi connectivity index (χ3v) is 3.97. The van der Waals surface area contributed by atoms with Gasteiger partial charge in [-0.1, -0.05) is 12.1 Å². The number of nitrogens with zero attached hydrogens (tertiary/aromatic N) is 2. The number of amides is 1. The molecule has 2 heterocycles. The highest BCUT2D eigenvalue weighted by Gasteiger charge is 2.14. The van der Waals surface area contributed by atoms with Crippen LogP contribution in [0.2, 0.25) is 0 Å². The van der Waals surface area contributed by atoms with E-state index in [1.165, 1.54) is 6.20 Å². The smallest absolute Gasteiger partial charge is 0.257 e. The van der Waals surface area contributed by atoms with E-state index in [0.717, 1.165) is 5.69 Å². The predicted molar refractivity (Wildman–Crippen MR) is 99.2 cm³/mol. The number of nitriles is 1. The highest BCUT2D eigenvalue weighted by Crippen LogP contribution is 2.34. The molecular weight excluding hydrogens is 344 g/mol. The molecule has 2 aromatic carbocycles. The van der Waals surface area contributed by atoms with E-state index in [2.05, 4.69) is 15.6 Å². The van der Waals surface area contributed by atoms with Gasteiger partial charge in [0, 0.05) is 18.0 Å². The molecule has 0 saturated carbocycles. The lowest BCUT2D eigenvalue weighted by Gasteiger charge is -2.09. The number of rotatable bonds is 4. The average Bonchev–Trinajstić information content (AvgIpc) is 3.17. The van der Waals surface area contributed by atoms with E-state index in [1.54, 1.807) is 36.4 Å². The summed E-state index contributed by atoms with van der Waals surface area (Å²) in [7, 11) is 0. The molecule has 0 bridgehead atoms. The minimum Gasteiger partial charge on any atom is -0.454 e. The number of benzene rings is 2. The maximum absolute atomic E-state index is 12.4. The van der Waals surface area contributed by atoms with Gasteiger partial charge in [-0.3, -0.25) is 4.79 Å². The quantitative estimate of drug-likeness (QED) is 0.738. The van der Waals surface area contributed by atoms with Crippen LogP contribution in [0.3, 0.4) is 0 Å². The number of ether oxygens (including phenoxy) is 2. The number of anilines is 3. The second-order valence-electron chi connectivity index (χ2n) is 5.74. The lowest BCUT2D eigenvalue weighted by atomic mass is 10.2. The number of carbonyl (C=O) groups excluding carboxylic acids is 1. The zero-order chi connectivity index (χ0) is 18.6. The number of hydrogen-bond donors (Lipinski definition) is 2. The molecule has 1 aliphatic rings. The van der Waals surface area contributed by atoms with Crippen molar-refractivity contribution in [1.82, 2.24) is 4.98 Å². The maximum Gasteiger partial charge on any atom is 0.257 e. The molecule has 7 heteroatoms. The molecule has 0 radical (unpaired) electrons. The molecule has 0 saturated heterocycles. The molecule has 0 spiro atoms. The first-order valence-electron chi connectivity index (χ1n) is 8.16. The Morgan fingerprint density at radius 3 is 2.74 bits per heavy atom. The lowest BCUT2D eigenvalue weighted by Crippen LogP contribution is -2.13. The fraction of sp³-hybridized carbons (Fsp3) is 0.0500. The molecule has 1 amide bonds. The van der Waals surface area contributed by atoms with Crippen LogP contribution in [0, 0.1) is 11.3 Å². The standard InChI is InChI=1S/C20H14N4O3/c21-10-13-3-1-2-4-16(13)24-20(25)14-5-8-19(22-11-14)23-15-6-7-17-18(9-15)27-12-26-17/h1-9,11H,12H2,(H,22,23)(H,24,25). The molecule has 1 aromatic heterocycles. The van der Waals surface area contributed by atoms with Gasteiger partial charge >= 0.3 is 0 Å². The normalized spacial score (nSPS) is 11.5. The maximum atomic E-state index is 12.4. The Bertz CT molecular complexity index is 1040. The Kier molecular flexibility index (Phi) is 4.29. The SMILES string of the molecule is N#Cc1ccccc1NC(=O)c1ccc(Nc2ccc3c(c2)OCO3)nc1. The third-order valence-electron chi connectivity index (χ3n) is 3.97. The van der Waals surface area contributed by atoms with Gasteiger partial charge in [0.2, 0.25) is 6.79 Å². The Balaban J connectivity index is 1.45. The summed E-state index contributed by atoms with van der Waals surface area (Å²) in [4.78, 5) is 16.6. The van der Waals surface area contributed by atoms with Gasteiger partial charge in [0.25, 0.3) is 5.91 Å². The average molecular weight is 358 g/mol. The second-order valence-corrected chi connectivity index (χ2v) is 5.74. The summed E-state index contributed by atoms with van der Waals surface area (Å²) in [5.41, 5.74) is 2.05. The van der Waals surface area contributed by atoms with E-state index in [0.29, 0.717) is 34.1 Å². The van der Waals surface area contributed by atoms with Crippen LogP contribution in [0.15, 0.2) is 60.8 Å². The Morgan fingerprint density at radius 1 is 1.07 bits per heavy atom. The summed E-state index contributed by atoms with van der Waals surface area (Å²) >= 11 is 0. The summed E-state index contributed by atoms with van der Waals surface area (Å²) in [5, 5.41) is 15.0. The third kappa shape index (κ3) is 3.50. The lowest BCUT2D eigenvalue weighted by molar-refractivity contribution is 0.102. The van der Waals surface area contributed by atoms with Gasteiger partial charge in [-0.2, -0.15) is 5.26 Å². The van der Waals surface area contributed by atoms with Crippen LogP contribution in [0.4, 0.5) is 17.2 Å². The van der Waals surface area contributed by atoms with E-state index in [4.69, 9.17) is 14.7 Å². The number of nitrogens with one attached hydrogen (secondary N) is 2. The zero-order valence-electron chi connectivity index (χ0n) is 14.1. The van der Waals surface area contributed by atoms with Gasteiger partial charge in [0.15, 0.2) is 11.5 Å². The predicted octanol–water partition coefficient (Wildman–Crippen LogP) is 3.68. The van der Waals surface area contributed by atoms with E-state index in [-0.39, 0.29) is 12.7 Å². The summed E-state index contributed by atoms with van der Waals surface area (Å²) in [6.45, 7) is 0.218. The molecule has 132 valence electrons. The van der Waals surface area contributed by atoms with Crippen LogP contribution < -0.4 is 20.1 Å². The van der Waals surface area contributed by atoms with Crippen LogP contribution in [-0.4, -0.2) is 17.7 Å². The molecule has 1 aliphatic heterocycles. The molecule has 0 unspecified atom stereocenters. The number of hydrogen-bond acceptors (Lipinski definition) is 6. The largest absolute Gasteiger partial charge is 0.454 e. The summed E-state index contributed by atoms with van der Waals surface area (Å²) < 4.78 is 10.6. The van der Waals surface area contributed by atoms with Crippen molar-refractivity contribution in [3.8, 4) is 17.6 Å². The first-order valence-corrected chi connectivity index (χ1v) is 8.16. The van der Waals surface area contributed by atoms with E-state index >= 15 is 0 Å². The van der Waals surface area contributed by atoms with Crippen molar-refractivity contribution >= 4 is 23.1 Å². The van der Waals surface area contributed by atoms with Crippen LogP contribution in [-0.2, 0) is 0 Å². The van der Waals surface area contributed by atoms with Crippen molar-refractivity contribution in [2.24, 2.45) is 0 Å². The Labute approximate surface area is 155 Å². The van der Waals surface area contributed by atoms with Crippen LogP contribution >= 0.6 is 0 Å². The van der Waals surface area contributed by atoms with Crippen molar-refractivity contribution in [2.75, 3.05) is 17.4 Å². The zero-order valence-corrected chi connectivity index (χ0v) is 14.1. The highest BCUT2D eigenvalue weighted by atomic mass is 16.7. The highest BCUT2D eigenvalue weighted by molar-refractivity contribution is 6.04. The minimum atomic E-state index is -0.333. The van der Waals surface area contributed by atoms with Crippen molar-refractivity contribution in [2.45, 2.75) is 0 Å². The van der Waals surface area contributed by atoms with Gasteiger partial charge < -0.3 is 20.1 Å². The van der Waals surface area contributed by atoms with E-state index < -0.39 is 0 Å². The molecule has 3 aromatic rings. The summed E-state index contributed by atoms with van der Waals surface area (Å²) in [5.74, 6) is 1.63. The van der Waals surface area contributed by atoms with Crippen molar-refractivity contribution in [1.29, 1.82) is 5.26 Å². The fourth-order valence-electron chi connectivity index (χ4n) is 2.61. The molecule has 7 nitrogen and oxygen atoms in total. The van der Waals surface area contributed by atoms with Gasteiger partial charge in [0.05, 0.1) is 16.8 Å². The molecule has 0 aliphatic carbocycles. The topological polar surface area (TPSA) is 96.3 Å². The summed E-state index contributed by atoms with van der Waals surface area (Å²) in [6.07, 6.45) is 1.47. The molecule has 0 atom stereocenters. The first kappa shape index (κ1) is 16.4.